The highest BCUT2D eigenvalue weighted by Crippen LogP contribution is 2.45. The molecule has 0 bridgehead atoms. The van der Waals surface area contributed by atoms with Crippen molar-refractivity contribution in [3.8, 4) is 28.4 Å². The molecule has 0 saturated heterocycles. The molecule has 3 N–H and O–H groups in total. The maximum absolute atomic E-state index is 13.6. The summed E-state index contributed by atoms with van der Waals surface area (Å²) in [5, 5.41) is 14.9. The zero-order valence-corrected chi connectivity index (χ0v) is 21.8. The summed E-state index contributed by atoms with van der Waals surface area (Å²) in [7, 11) is 2.92. The van der Waals surface area contributed by atoms with Crippen LogP contribution in [0.1, 0.15) is 56.6 Å². The van der Waals surface area contributed by atoms with Crippen LogP contribution in [0.15, 0.2) is 38.3 Å². The lowest BCUT2D eigenvalue weighted by atomic mass is 9.96. The molecular weight excluding hydrogens is 486 g/mol. The molecule has 0 atom stereocenters. The van der Waals surface area contributed by atoms with Gasteiger partial charge in [0.1, 0.15) is 11.2 Å². The Balaban J connectivity index is 1.75. The quantitative estimate of drug-likeness (QED) is 0.273. The predicted octanol–water partition coefficient (Wildman–Crippen LogP) is 5.90. The summed E-state index contributed by atoms with van der Waals surface area (Å²) in [5.74, 6) is 0.281. The smallest absolute Gasteiger partial charge is 0.274 e. The maximum Gasteiger partial charge on any atom is 0.274 e. The zero-order chi connectivity index (χ0) is 26.6. The van der Waals surface area contributed by atoms with E-state index in [0.29, 0.717) is 44.4 Å². The lowest BCUT2D eigenvalue weighted by Crippen LogP contribution is -2.15. The average molecular weight is 518 g/mol. The van der Waals surface area contributed by atoms with Gasteiger partial charge in [-0.15, -0.1) is 0 Å². The fourth-order valence-electron chi connectivity index (χ4n) is 5.89. The van der Waals surface area contributed by atoms with Crippen LogP contribution in [0, 0.1) is 6.92 Å². The number of benzene rings is 2. The van der Waals surface area contributed by atoms with Crippen molar-refractivity contribution in [1.29, 1.82) is 0 Å². The maximum atomic E-state index is 13.6. The van der Waals surface area contributed by atoms with E-state index in [4.69, 9.17) is 13.9 Å². The third-order valence-corrected chi connectivity index (χ3v) is 7.91. The van der Waals surface area contributed by atoms with Crippen molar-refractivity contribution in [2.45, 2.75) is 57.9 Å². The first-order valence-corrected chi connectivity index (χ1v) is 13.1. The van der Waals surface area contributed by atoms with Gasteiger partial charge in [0.15, 0.2) is 22.5 Å². The predicted molar refractivity (Wildman–Crippen MR) is 147 cm³/mol. The SMILES string of the molecule is COc1cc(-c2c3oc4c(C)c(=O)ccc4c3[nH]c3c2c(=O)[nH]n3C2CCCCCCC2)cc(OC)c1O. The molecule has 38 heavy (non-hydrogen) atoms. The average Bonchev–Trinajstić information content (AvgIpc) is 3.43. The molecule has 5 aromatic rings. The number of phenols is 1. The van der Waals surface area contributed by atoms with Gasteiger partial charge in [0.2, 0.25) is 5.75 Å². The minimum Gasteiger partial charge on any atom is -0.502 e. The highest BCUT2D eigenvalue weighted by atomic mass is 16.5. The summed E-state index contributed by atoms with van der Waals surface area (Å²) in [4.78, 5) is 29.6. The number of nitrogens with zero attached hydrogens (tertiary/aromatic N) is 1. The molecule has 1 saturated carbocycles. The Hall–Kier alpha value is -4.14. The second kappa shape index (κ2) is 9.31. The van der Waals surface area contributed by atoms with Crippen molar-refractivity contribution < 1.29 is 19.0 Å². The summed E-state index contributed by atoms with van der Waals surface area (Å²) in [6.45, 7) is 1.74. The van der Waals surface area contributed by atoms with Gasteiger partial charge in [-0.2, -0.15) is 0 Å². The number of furan rings is 1. The lowest BCUT2D eigenvalue weighted by molar-refractivity contribution is 0.340. The van der Waals surface area contributed by atoms with Gasteiger partial charge < -0.3 is 24.0 Å². The zero-order valence-electron chi connectivity index (χ0n) is 21.8. The van der Waals surface area contributed by atoms with Crippen LogP contribution in [-0.2, 0) is 0 Å². The number of aromatic amines is 2. The second-order valence-corrected chi connectivity index (χ2v) is 10.1. The molecule has 0 unspecified atom stereocenters. The molecule has 0 aliphatic heterocycles. The largest absolute Gasteiger partial charge is 0.502 e. The minimum absolute atomic E-state index is 0.118. The first kappa shape index (κ1) is 24.2. The molecule has 0 radical (unpaired) electrons. The van der Waals surface area contributed by atoms with Gasteiger partial charge in [0.25, 0.3) is 5.56 Å². The Bertz CT molecular complexity index is 1770. The molecule has 3 heterocycles. The topological polar surface area (TPSA) is 122 Å². The molecule has 3 aromatic heterocycles. The first-order valence-electron chi connectivity index (χ1n) is 13.1. The van der Waals surface area contributed by atoms with Crippen LogP contribution in [0.4, 0.5) is 0 Å². The number of pyridine rings is 1. The van der Waals surface area contributed by atoms with E-state index in [1.54, 1.807) is 25.1 Å². The van der Waals surface area contributed by atoms with Gasteiger partial charge in [-0.25, -0.2) is 0 Å². The van der Waals surface area contributed by atoms with Crippen molar-refractivity contribution in [1.82, 2.24) is 14.8 Å². The van der Waals surface area contributed by atoms with Crippen LogP contribution < -0.4 is 20.5 Å². The molecule has 2 aromatic carbocycles. The fraction of sp³-hybridized carbons (Fsp3) is 0.379. The van der Waals surface area contributed by atoms with E-state index < -0.39 is 0 Å². The number of aryl methyl sites for hydroxylation is 1. The van der Waals surface area contributed by atoms with Gasteiger partial charge in [-0.1, -0.05) is 32.1 Å². The molecule has 198 valence electrons. The van der Waals surface area contributed by atoms with Gasteiger partial charge >= 0.3 is 0 Å². The summed E-state index contributed by atoms with van der Waals surface area (Å²) in [6.07, 6.45) is 7.80. The normalized spacial score (nSPS) is 15.2. The standard InChI is InChI=1S/C29H31N3O6/c1-15-19(33)12-11-18-24-27(38-26(15)18)22(16-13-20(36-2)25(34)21(14-16)37-3)23-28(30-24)32(31-29(23)35)17-9-7-5-4-6-8-10-17/h11-14,17,30,34H,4-10H2,1-3H3,(H,31,35). The molecular formula is C29H31N3O6. The minimum atomic E-state index is -0.247. The van der Waals surface area contributed by atoms with Crippen LogP contribution in [-0.4, -0.2) is 34.1 Å². The Morgan fingerprint density at radius 1 is 0.974 bits per heavy atom. The van der Waals surface area contributed by atoms with E-state index in [-0.39, 0.29) is 34.3 Å². The number of fused-ring (bicyclic) bond motifs is 4. The van der Waals surface area contributed by atoms with E-state index in [2.05, 4.69) is 10.1 Å². The Morgan fingerprint density at radius 3 is 2.29 bits per heavy atom. The monoisotopic (exact) mass is 517 g/mol. The van der Waals surface area contributed by atoms with Gasteiger partial charge in [0, 0.05) is 16.5 Å². The third kappa shape index (κ3) is 3.68. The van der Waals surface area contributed by atoms with Crippen LogP contribution in [0.2, 0.25) is 0 Å². The van der Waals surface area contributed by atoms with E-state index >= 15 is 0 Å². The Morgan fingerprint density at radius 2 is 1.63 bits per heavy atom. The number of rotatable bonds is 4. The molecule has 0 amide bonds. The number of nitrogens with one attached hydrogen (secondary N) is 2. The van der Waals surface area contributed by atoms with Crippen molar-refractivity contribution in [2.24, 2.45) is 0 Å². The van der Waals surface area contributed by atoms with Gasteiger partial charge in [-0.3, -0.25) is 19.4 Å². The summed E-state index contributed by atoms with van der Waals surface area (Å²) >= 11 is 0. The van der Waals surface area contributed by atoms with Crippen LogP contribution in [0.25, 0.3) is 44.2 Å². The van der Waals surface area contributed by atoms with Crippen molar-refractivity contribution in [2.75, 3.05) is 14.2 Å². The summed E-state index contributed by atoms with van der Waals surface area (Å²) < 4.78 is 19.2. The molecule has 0 spiro atoms. The van der Waals surface area contributed by atoms with Crippen molar-refractivity contribution in [3.63, 3.8) is 0 Å². The van der Waals surface area contributed by atoms with Crippen LogP contribution >= 0.6 is 0 Å². The van der Waals surface area contributed by atoms with Gasteiger partial charge in [-0.05, 0) is 49.6 Å². The van der Waals surface area contributed by atoms with E-state index in [1.165, 1.54) is 39.5 Å². The van der Waals surface area contributed by atoms with E-state index in [1.807, 2.05) is 4.68 Å². The highest BCUT2D eigenvalue weighted by Gasteiger charge is 2.26. The molecule has 1 aliphatic carbocycles. The van der Waals surface area contributed by atoms with E-state index in [0.717, 1.165) is 31.1 Å². The molecule has 1 fully saturated rings. The van der Waals surface area contributed by atoms with Crippen LogP contribution in [0.3, 0.4) is 0 Å². The number of H-pyrrole nitrogens is 2. The molecule has 1 aliphatic rings. The Labute approximate surface area is 218 Å². The van der Waals surface area contributed by atoms with Crippen LogP contribution in [0.5, 0.6) is 17.2 Å². The highest BCUT2D eigenvalue weighted by molar-refractivity contribution is 6.15. The molecule has 6 rings (SSSR count). The number of ether oxygens (including phenoxy) is 2. The number of phenolic OH excluding ortho intramolecular Hbond substituents is 1. The molecule has 9 nitrogen and oxygen atoms in total. The van der Waals surface area contributed by atoms with Crippen molar-refractivity contribution >= 4 is 33.1 Å². The van der Waals surface area contributed by atoms with E-state index in [9.17, 15) is 14.7 Å². The van der Waals surface area contributed by atoms with Gasteiger partial charge in [0.05, 0.1) is 31.2 Å². The summed E-state index contributed by atoms with van der Waals surface area (Å²) in [5.41, 5.74) is 3.53. The van der Waals surface area contributed by atoms with Crippen molar-refractivity contribution in [3.05, 3.63) is 50.4 Å². The third-order valence-electron chi connectivity index (χ3n) is 7.91. The lowest BCUT2D eigenvalue weighted by Gasteiger charge is -2.21. The Kier molecular flexibility index (Phi) is 5.93. The number of methoxy groups -OCH3 is 2. The number of hydrogen-bond donors (Lipinski definition) is 3. The summed E-state index contributed by atoms with van der Waals surface area (Å²) in [6, 6.07) is 6.77. The molecule has 9 heteroatoms. The number of aromatic nitrogens is 3. The first-order chi connectivity index (χ1) is 18.4. The number of hydrogen-bond acceptors (Lipinski definition) is 6. The second-order valence-electron chi connectivity index (χ2n) is 10.1. The number of aromatic hydroxyl groups is 1. The fourth-order valence-corrected chi connectivity index (χ4v) is 5.89.